The first-order chi connectivity index (χ1) is 24.3. The van der Waals surface area contributed by atoms with E-state index >= 15 is 0 Å². The smallest absolute Gasteiger partial charge is 0.391 e. The SMILES string of the molecule is CCCCCCCCCCCCCCCCOCC(COP(=O)(O)OCC[N+](C)(C)CCO)OCCCCCCCCCCCCCCCC. The average Bonchev–Trinajstić information content (AvgIpc) is 3.08. The molecule has 0 spiro atoms. The van der Waals surface area contributed by atoms with Gasteiger partial charge in [-0.2, -0.15) is 0 Å². The van der Waals surface area contributed by atoms with E-state index in [1.165, 1.54) is 161 Å². The number of aliphatic hydroxyl groups is 1. The van der Waals surface area contributed by atoms with Gasteiger partial charge in [0.1, 0.15) is 25.8 Å². The zero-order chi connectivity index (χ0) is 36.9. The monoisotopic (exact) mass is 737 g/mol. The van der Waals surface area contributed by atoms with E-state index in [0.29, 0.717) is 37.4 Å². The average molecular weight is 737 g/mol. The lowest BCUT2D eigenvalue weighted by atomic mass is 10.0. The van der Waals surface area contributed by atoms with Crippen LogP contribution in [0, 0.1) is 0 Å². The Morgan fingerprint density at radius 3 is 1.28 bits per heavy atom. The van der Waals surface area contributed by atoms with Gasteiger partial charge in [0.15, 0.2) is 0 Å². The molecular weight excluding hydrogens is 649 g/mol. The lowest BCUT2D eigenvalue weighted by Gasteiger charge is -2.29. The minimum atomic E-state index is -4.21. The Kier molecular flexibility index (Phi) is 37.2. The third-order valence-corrected chi connectivity index (χ3v) is 10.9. The van der Waals surface area contributed by atoms with Gasteiger partial charge < -0.3 is 24.0 Å². The minimum absolute atomic E-state index is 0.0417. The predicted octanol–water partition coefficient (Wildman–Crippen LogP) is 11.6. The van der Waals surface area contributed by atoms with Gasteiger partial charge in [-0.3, -0.25) is 9.05 Å². The van der Waals surface area contributed by atoms with E-state index in [4.69, 9.17) is 18.5 Å². The molecule has 302 valence electrons. The zero-order valence-electron chi connectivity index (χ0n) is 33.9. The normalized spacial score (nSPS) is 14.0. The number of phosphoric ester groups is 1. The molecule has 50 heavy (non-hydrogen) atoms. The van der Waals surface area contributed by atoms with Gasteiger partial charge in [0.05, 0.1) is 33.9 Å². The molecule has 0 rings (SSSR count). The molecule has 8 nitrogen and oxygen atoms in total. The largest absolute Gasteiger partial charge is 0.472 e. The third kappa shape index (κ3) is 37.7. The van der Waals surface area contributed by atoms with Gasteiger partial charge in [0.2, 0.25) is 0 Å². The molecule has 0 saturated heterocycles. The van der Waals surface area contributed by atoms with Crippen molar-refractivity contribution in [2.24, 2.45) is 0 Å². The molecule has 0 aromatic rings. The lowest BCUT2D eigenvalue weighted by Crippen LogP contribution is -2.44. The molecule has 0 aliphatic heterocycles. The van der Waals surface area contributed by atoms with E-state index in [-0.39, 0.29) is 19.8 Å². The second-order valence-corrected chi connectivity index (χ2v) is 16.9. The van der Waals surface area contributed by atoms with E-state index in [1.807, 2.05) is 14.1 Å². The van der Waals surface area contributed by atoms with Crippen LogP contribution in [0.25, 0.3) is 0 Å². The fourth-order valence-electron chi connectivity index (χ4n) is 6.30. The van der Waals surface area contributed by atoms with Crippen LogP contribution in [0.3, 0.4) is 0 Å². The van der Waals surface area contributed by atoms with E-state index in [9.17, 15) is 14.6 Å². The van der Waals surface area contributed by atoms with Crippen molar-refractivity contribution in [3.8, 4) is 0 Å². The van der Waals surface area contributed by atoms with Crippen molar-refractivity contribution in [3.05, 3.63) is 0 Å². The number of unbranched alkanes of at least 4 members (excludes halogenated alkanes) is 26. The Bertz CT molecular complexity index is 727. The molecule has 0 bridgehead atoms. The van der Waals surface area contributed by atoms with Crippen LogP contribution in [-0.4, -0.2) is 87.4 Å². The fourth-order valence-corrected chi connectivity index (χ4v) is 7.05. The Balaban J connectivity index is 4.19. The second kappa shape index (κ2) is 37.3. The highest BCUT2D eigenvalue weighted by Gasteiger charge is 2.25. The van der Waals surface area contributed by atoms with Crippen LogP contribution < -0.4 is 0 Å². The quantitative estimate of drug-likeness (QED) is 0.0366. The van der Waals surface area contributed by atoms with Crippen molar-refractivity contribution in [1.82, 2.24) is 0 Å². The number of phosphoric acid groups is 1. The number of quaternary nitrogens is 1. The number of likely N-dealkylation sites (N-methyl/N-ethyl adjacent to an activating group) is 1. The van der Waals surface area contributed by atoms with Crippen LogP contribution >= 0.6 is 7.82 Å². The Morgan fingerprint density at radius 1 is 0.500 bits per heavy atom. The van der Waals surface area contributed by atoms with E-state index in [1.54, 1.807) is 0 Å². The van der Waals surface area contributed by atoms with Gasteiger partial charge in [-0.1, -0.05) is 181 Å². The summed E-state index contributed by atoms with van der Waals surface area (Å²) in [6.07, 6.45) is 36.5. The van der Waals surface area contributed by atoms with Crippen LogP contribution in [0.4, 0.5) is 0 Å². The number of hydrogen-bond donors (Lipinski definition) is 2. The van der Waals surface area contributed by atoms with Gasteiger partial charge in [-0.25, -0.2) is 4.57 Å². The molecule has 2 N–H and O–H groups in total. The topological polar surface area (TPSA) is 94.5 Å². The minimum Gasteiger partial charge on any atom is -0.391 e. The summed E-state index contributed by atoms with van der Waals surface area (Å²) < 4.78 is 35.7. The summed E-state index contributed by atoms with van der Waals surface area (Å²) in [5.74, 6) is 0. The highest BCUT2D eigenvalue weighted by atomic mass is 31.2. The Morgan fingerprint density at radius 2 is 0.880 bits per heavy atom. The molecule has 0 fully saturated rings. The molecule has 0 aromatic heterocycles. The van der Waals surface area contributed by atoms with Crippen molar-refractivity contribution >= 4 is 7.82 Å². The van der Waals surface area contributed by atoms with Crippen LogP contribution in [0.15, 0.2) is 0 Å². The van der Waals surface area contributed by atoms with Gasteiger partial charge in [0.25, 0.3) is 0 Å². The number of ether oxygens (including phenoxy) is 2. The van der Waals surface area contributed by atoms with Gasteiger partial charge >= 0.3 is 7.82 Å². The van der Waals surface area contributed by atoms with E-state index in [0.717, 1.165) is 19.3 Å². The summed E-state index contributed by atoms with van der Waals surface area (Å²) >= 11 is 0. The van der Waals surface area contributed by atoms with Gasteiger partial charge in [-0.05, 0) is 12.8 Å². The maximum atomic E-state index is 12.6. The molecule has 0 aliphatic carbocycles. The Hall–Kier alpha value is -0.0500. The highest BCUT2D eigenvalue weighted by molar-refractivity contribution is 7.47. The van der Waals surface area contributed by atoms with Gasteiger partial charge in [0, 0.05) is 13.2 Å². The molecular formula is C41H87NO7P+. The lowest BCUT2D eigenvalue weighted by molar-refractivity contribution is -0.890. The molecule has 2 atom stereocenters. The predicted molar refractivity (Wildman–Crippen MR) is 212 cm³/mol. The standard InChI is InChI=1S/C41H86NO7P/c1-5-7-9-11-13-15-17-19-21-23-25-27-29-31-36-46-39-41(40-49-50(44,45)48-38-34-42(3,4)33-35-43)47-37-32-30-28-26-24-22-20-18-16-14-12-10-8-6-2/h41,43H,5-40H2,1-4H3/p+1. The summed E-state index contributed by atoms with van der Waals surface area (Å²) in [6.45, 7) is 7.28. The molecule has 0 amide bonds. The van der Waals surface area contributed by atoms with Gasteiger partial charge in [-0.15, -0.1) is 0 Å². The van der Waals surface area contributed by atoms with E-state index in [2.05, 4.69) is 13.8 Å². The summed E-state index contributed by atoms with van der Waals surface area (Å²) in [5, 5.41) is 9.21. The number of rotatable bonds is 42. The third-order valence-electron chi connectivity index (χ3n) is 9.88. The van der Waals surface area contributed by atoms with Crippen molar-refractivity contribution in [2.75, 3.05) is 66.8 Å². The van der Waals surface area contributed by atoms with Crippen LogP contribution in [0.5, 0.6) is 0 Å². The molecule has 2 unspecified atom stereocenters. The first-order valence-electron chi connectivity index (χ1n) is 21.5. The Labute approximate surface area is 311 Å². The van der Waals surface area contributed by atoms with Crippen LogP contribution in [-0.2, 0) is 23.1 Å². The van der Waals surface area contributed by atoms with Crippen molar-refractivity contribution in [2.45, 2.75) is 200 Å². The van der Waals surface area contributed by atoms with Crippen molar-refractivity contribution in [3.63, 3.8) is 0 Å². The van der Waals surface area contributed by atoms with Crippen molar-refractivity contribution < 1.29 is 37.6 Å². The molecule has 0 saturated carbocycles. The summed E-state index contributed by atoms with van der Waals surface area (Å²) in [5.41, 5.74) is 0. The summed E-state index contributed by atoms with van der Waals surface area (Å²) in [7, 11) is -0.323. The molecule has 0 radical (unpaired) electrons. The molecule has 9 heteroatoms. The van der Waals surface area contributed by atoms with Crippen molar-refractivity contribution in [1.29, 1.82) is 0 Å². The summed E-state index contributed by atoms with van der Waals surface area (Å²) in [6, 6.07) is 0. The molecule has 0 aromatic carbocycles. The molecule has 0 heterocycles. The fraction of sp³-hybridized carbons (Fsp3) is 1.00. The zero-order valence-corrected chi connectivity index (χ0v) is 34.8. The maximum Gasteiger partial charge on any atom is 0.472 e. The number of hydrogen-bond acceptors (Lipinski definition) is 6. The second-order valence-electron chi connectivity index (χ2n) is 15.5. The number of nitrogens with zero attached hydrogens (tertiary/aromatic N) is 1. The highest BCUT2D eigenvalue weighted by Crippen LogP contribution is 2.43. The van der Waals surface area contributed by atoms with Crippen LogP contribution in [0.1, 0.15) is 194 Å². The summed E-state index contributed by atoms with van der Waals surface area (Å²) in [4.78, 5) is 10.3. The van der Waals surface area contributed by atoms with Crippen LogP contribution in [0.2, 0.25) is 0 Å². The maximum absolute atomic E-state index is 12.6. The first-order valence-corrected chi connectivity index (χ1v) is 23.0. The molecule has 0 aliphatic rings. The van der Waals surface area contributed by atoms with E-state index < -0.39 is 13.9 Å². The number of aliphatic hydroxyl groups excluding tert-OH is 1. The first kappa shape index (κ1) is 49.9.